The van der Waals surface area contributed by atoms with Crippen LogP contribution in [0, 0.1) is 18.8 Å². The van der Waals surface area contributed by atoms with Crippen molar-refractivity contribution in [3.05, 3.63) is 29.3 Å². The van der Waals surface area contributed by atoms with Crippen LogP contribution in [0.5, 0.6) is 0 Å². The maximum atomic E-state index is 11.7. The molecule has 1 aromatic rings. The van der Waals surface area contributed by atoms with Crippen molar-refractivity contribution in [2.45, 2.75) is 20.3 Å². The first-order valence-electron chi connectivity index (χ1n) is 5.69. The minimum atomic E-state index is -3.33. The summed E-state index contributed by atoms with van der Waals surface area (Å²) in [6.07, 6.45) is 0.554. The van der Waals surface area contributed by atoms with Crippen LogP contribution >= 0.6 is 0 Å². The van der Waals surface area contributed by atoms with E-state index in [1.54, 1.807) is 19.1 Å². The molecule has 98 valence electrons. The highest BCUT2D eigenvalue weighted by molar-refractivity contribution is 7.92. The first-order valence-corrected chi connectivity index (χ1v) is 7.34. The lowest BCUT2D eigenvalue weighted by molar-refractivity contribution is 0.350. The van der Waals surface area contributed by atoms with E-state index in [2.05, 4.69) is 16.6 Å². The molecule has 1 aromatic carbocycles. The Labute approximate surface area is 108 Å². The van der Waals surface area contributed by atoms with Crippen LogP contribution in [-0.4, -0.2) is 25.9 Å². The normalized spacial score (nSPS) is 10.6. The standard InChI is InChI=1S/C13H17NO3S/c1-3-9-18(16,17)14-13-7-6-11(2)10-12(13)5-4-8-15/h6-7,10,14-15H,3,8-9H2,1-2H3. The van der Waals surface area contributed by atoms with E-state index in [1.807, 2.05) is 13.0 Å². The van der Waals surface area contributed by atoms with Crippen LogP contribution < -0.4 is 4.72 Å². The molecule has 0 bridgehead atoms. The zero-order valence-electron chi connectivity index (χ0n) is 10.5. The number of hydrogen-bond acceptors (Lipinski definition) is 3. The molecule has 0 saturated carbocycles. The Morgan fingerprint density at radius 1 is 1.39 bits per heavy atom. The largest absolute Gasteiger partial charge is 0.384 e. The fourth-order valence-electron chi connectivity index (χ4n) is 1.47. The molecule has 0 spiro atoms. The van der Waals surface area contributed by atoms with Crippen molar-refractivity contribution < 1.29 is 13.5 Å². The van der Waals surface area contributed by atoms with E-state index in [0.29, 0.717) is 17.7 Å². The third-order valence-corrected chi connectivity index (χ3v) is 3.69. The van der Waals surface area contributed by atoms with Gasteiger partial charge in [-0.1, -0.05) is 24.8 Å². The molecule has 18 heavy (non-hydrogen) atoms. The van der Waals surface area contributed by atoms with Crippen molar-refractivity contribution >= 4 is 15.7 Å². The molecule has 0 heterocycles. The van der Waals surface area contributed by atoms with Crippen LogP contribution in [-0.2, 0) is 10.0 Å². The maximum Gasteiger partial charge on any atom is 0.232 e. The molecule has 0 radical (unpaired) electrons. The highest BCUT2D eigenvalue weighted by Crippen LogP contribution is 2.18. The molecule has 0 fully saturated rings. The topological polar surface area (TPSA) is 66.4 Å². The fraction of sp³-hybridized carbons (Fsp3) is 0.385. The van der Waals surface area contributed by atoms with Gasteiger partial charge in [0.15, 0.2) is 0 Å². The van der Waals surface area contributed by atoms with Crippen LogP contribution in [0.3, 0.4) is 0 Å². The van der Waals surface area contributed by atoms with E-state index >= 15 is 0 Å². The van der Waals surface area contributed by atoms with Crippen LogP contribution in [0.2, 0.25) is 0 Å². The van der Waals surface area contributed by atoms with E-state index in [9.17, 15) is 8.42 Å². The number of anilines is 1. The number of aliphatic hydroxyl groups is 1. The summed E-state index contributed by atoms with van der Waals surface area (Å²) in [6.45, 7) is 3.45. The minimum absolute atomic E-state index is 0.0771. The molecule has 2 N–H and O–H groups in total. The summed E-state index contributed by atoms with van der Waals surface area (Å²) in [6, 6.07) is 5.28. The molecule has 0 aliphatic carbocycles. The number of benzene rings is 1. The third-order valence-electron chi connectivity index (χ3n) is 2.22. The summed E-state index contributed by atoms with van der Waals surface area (Å²) in [5.74, 6) is 5.34. The quantitative estimate of drug-likeness (QED) is 0.812. The molecule has 0 aliphatic rings. The van der Waals surface area contributed by atoms with Gasteiger partial charge < -0.3 is 5.11 Å². The molecule has 0 aliphatic heterocycles. The van der Waals surface area contributed by atoms with Crippen molar-refractivity contribution in [2.75, 3.05) is 17.1 Å². The van der Waals surface area contributed by atoms with Gasteiger partial charge in [0.05, 0.1) is 11.4 Å². The maximum absolute atomic E-state index is 11.7. The van der Waals surface area contributed by atoms with Crippen molar-refractivity contribution in [2.24, 2.45) is 0 Å². The Balaban J connectivity index is 3.09. The van der Waals surface area contributed by atoms with E-state index in [1.165, 1.54) is 0 Å². The zero-order chi connectivity index (χ0) is 13.6. The van der Waals surface area contributed by atoms with Crippen molar-refractivity contribution in [3.63, 3.8) is 0 Å². The lowest BCUT2D eigenvalue weighted by atomic mass is 10.1. The van der Waals surface area contributed by atoms with Gasteiger partial charge in [-0.2, -0.15) is 0 Å². The highest BCUT2D eigenvalue weighted by atomic mass is 32.2. The van der Waals surface area contributed by atoms with Gasteiger partial charge in [0.1, 0.15) is 6.61 Å². The zero-order valence-corrected chi connectivity index (χ0v) is 11.3. The summed E-state index contributed by atoms with van der Waals surface area (Å²) in [5.41, 5.74) is 2.01. The number of sulfonamides is 1. The van der Waals surface area contributed by atoms with Gasteiger partial charge in [-0.05, 0) is 31.0 Å². The first-order chi connectivity index (χ1) is 8.48. The Hall–Kier alpha value is -1.51. The summed E-state index contributed by atoms with van der Waals surface area (Å²) in [4.78, 5) is 0. The smallest absolute Gasteiger partial charge is 0.232 e. The van der Waals surface area contributed by atoms with Gasteiger partial charge in [-0.3, -0.25) is 4.72 Å². The van der Waals surface area contributed by atoms with Crippen LogP contribution in [0.15, 0.2) is 18.2 Å². The van der Waals surface area contributed by atoms with E-state index < -0.39 is 10.0 Å². The van der Waals surface area contributed by atoms with Crippen LogP contribution in [0.4, 0.5) is 5.69 Å². The van der Waals surface area contributed by atoms with Gasteiger partial charge in [-0.25, -0.2) is 8.42 Å². The molecular formula is C13H17NO3S. The first kappa shape index (κ1) is 14.6. The lowest BCUT2D eigenvalue weighted by Gasteiger charge is -2.09. The van der Waals surface area contributed by atoms with Gasteiger partial charge >= 0.3 is 0 Å². The average Bonchev–Trinajstić information content (AvgIpc) is 2.29. The van der Waals surface area contributed by atoms with Crippen molar-refractivity contribution in [1.82, 2.24) is 0 Å². The Morgan fingerprint density at radius 3 is 2.72 bits per heavy atom. The van der Waals surface area contributed by atoms with E-state index in [-0.39, 0.29) is 12.4 Å². The third kappa shape index (κ3) is 4.40. The molecule has 0 unspecified atom stereocenters. The van der Waals surface area contributed by atoms with Crippen LogP contribution in [0.25, 0.3) is 0 Å². The van der Waals surface area contributed by atoms with Gasteiger partial charge in [-0.15, -0.1) is 0 Å². The average molecular weight is 267 g/mol. The molecule has 0 atom stereocenters. The predicted octanol–water partition coefficient (Wildman–Crippen LogP) is 1.49. The number of aryl methyl sites for hydroxylation is 1. The Morgan fingerprint density at radius 2 is 2.11 bits per heavy atom. The predicted molar refractivity (Wildman–Crippen MR) is 72.8 cm³/mol. The Bertz CT molecular complexity index is 568. The van der Waals surface area contributed by atoms with Gasteiger partial charge in [0.25, 0.3) is 0 Å². The molecule has 0 aromatic heterocycles. The lowest BCUT2D eigenvalue weighted by Crippen LogP contribution is -2.16. The molecule has 5 heteroatoms. The number of hydrogen-bond donors (Lipinski definition) is 2. The SMILES string of the molecule is CCCS(=O)(=O)Nc1ccc(C)cc1C#CCO. The molecule has 0 amide bonds. The minimum Gasteiger partial charge on any atom is -0.384 e. The number of aliphatic hydroxyl groups excluding tert-OH is 1. The second-order valence-corrected chi connectivity index (χ2v) is 5.77. The van der Waals surface area contributed by atoms with E-state index in [4.69, 9.17) is 5.11 Å². The van der Waals surface area contributed by atoms with Gasteiger partial charge in [0.2, 0.25) is 10.0 Å². The Kier molecular flexibility index (Phi) is 5.20. The summed E-state index contributed by atoms with van der Waals surface area (Å²) < 4.78 is 25.9. The second kappa shape index (κ2) is 6.43. The summed E-state index contributed by atoms with van der Waals surface area (Å²) in [7, 11) is -3.33. The number of nitrogens with one attached hydrogen (secondary N) is 1. The van der Waals surface area contributed by atoms with Crippen molar-refractivity contribution in [3.8, 4) is 11.8 Å². The number of rotatable bonds is 4. The van der Waals surface area contributed by atoms with Gasteiger partial charge in [0, 0.05) is 5.56 Å². The fourth-order valence-corrected chi connectivity index (χ4v) is 2.63. The highest BCUT2D eigenvalue weighted by Gasteiger charge is 2.11. The molecule has 1 rings (SSSR count). The molecular weight excluding hydrogens is 250 g/mol. The van der Waals surface area contributed by atoms with Crippen molar-refractivity contribution in [1.29, 1.82) is 0 Å². The molecule has 4 nitrogen and oxygen atoms in total. The second-order valence-electron chi connectivity index (χ2n) is 3.93. The van der Waals surface area contributed by atoms with Crippen LogP contribution in [0.1, 0.15) is 24.5 Å². The summed E-state index contributed by atoms with van der Waals surface area (Å²) in [5, 5.41) is 8.69. The molecule has 0 saturated heterocycles. The monoisotopic (exact) mass is 267 g/mol. The summed E-state index contributed by atoms with van der Waals surface area (Å²) >= 11 is 0. The van der Waals surface area contributed by atoms with E-state index in [0.717, 1.165) is 5.56 Å².